The maximum absolute atomic E-state index is 12.5. The zero-order valence-electron chi connectivity index (χ0n) is 29.3. The van der Waals surface area contributed by atoms with Gasteiger partial charge >= 0.3 is 19.8 Å². The van der Waals surface area contributed by atoms with E-state index in [2.05, 4.69) is 31.2 Å². The molecule has 0 fully saturated rings. The van der Waals surface area contributed by atoms with Gasteiger partial charge in [-0.25, -0.2) is 4.57 Å². The molecule has 45 heavy (non-hydrogen) atoms. The molecule has 0 aromatic heterocycles. The number of carbonyl (C=O) groups is 2. The van der Waals surface area contributed by atoms with Crippen LogP contribution in [0.15, 0.2) is 24.3 Å². The smallest absolute Gasteiger partial charge is 0.462 e. The first kappa shape index (κ1) is 43.5. The summed E-state index contributed by atoms with van der Waals surface area (Å²) in [5.41, 5.74) is 0. The maximum atomic E-state index is 12.5. The number of allylic oxidation sites excluding steroid dienone is 4. The summed E-state index contributed by atoms with van der Waals surface area (Å²) in [7, 11) is 1.46. The molecule has 0 saturated carbocycles. The Kier molecular flexibility index (Phi) is 27.7. The molecule has 0 radical (unpaired) electrons. The van der Waals surface area contributed by atoms with Gasteiger partial charge in [-0.05, 0) is 44.9 Å². The Bertz CT molecular complexity index is 840. The first-order valence-corrected chi connectivity index (χ1v) is 19.1. The molecule has 10 heteroatoms. The first-order chi connectivity index (χ1) is 21.5. The third-order valence-corrected chi connectivity index (χ3v) is 8.22. The molecule has 0 saturated heterocycles. The van der Waals surface area contributed by atoms with Crippen LogP contribution in [0, 0.1) is 0 Å². The van der Waals surface area contributed by atoms with Crippen molar-refractivity contribution < 1.29 is 42.1 Å². The fourth-order valence-corrected chi connectivity index (χ4v) is 5.14. The second-order valence-electron chi connectivity index (χ2n) is 12.9. The molecule has 9 nitrogen and oxygen atoms in total. The van der Waals surface area contributed by atoms with Crippen molar-refractivity contribution in [2.24, 2.45) is 0 Å². The maximum Gasteiger partial charge on any atom is 0.472 e. The van der Waals surface area contributed by atoms with E-state index in [-0.39, 0.29) is 26.1 Å². The normalized spacial score (nSPS) is 14.2. The predicted octanol–water partition coefficient (Wildman–Crippen LogP) is 8.85. The number of hydrogen-bond acceptors (Lipinski definition) is 7. The van der Waals surface area contributed by atoms with Crippen molar-refractivity contribution in [1.29, 1.82) is 0 Å². The minimum atomic E-state index is -4.35. The van der Waals surface area contributed by atoms with Crippen molar-refractivity contribution in [1.82, 2.24) is 0 Å². The molecule has 0 spiro atoms. The first-order valence-electron chi connectivity index (χ1n) is 17.6. The van der Waals surface area contributed by atoms with E-state index in [1.807, 2.05) is 28.1 Å². The van der Waals surface area contributed by atoms with Gasteiger partial charge in [0.15, 0.2) is 6.10 Å². The average Bonchev–Trinajstić information content (AvgIpc) is 2.97. The van der Waals surface area contributed by atoms with Crippen LogP contribution in [0.1, 0.15) is 136 Å². The second kappa shape index (κ2) is 28.7. The van der Waals surface area contributed by atoms with E-state index in [1.54, 1.807) is 0 Å². The molecular formula is C35H67NO8P+. The lowest BCUT2D eigenvalue weighted by Crippen LogP contribution is -2.37. The van der Waals surface area contributed by atoms with Gasteiger partial charge in [-0.1, -0.05) is 102 Å². The molecule has 0 amide bonds. The molecule has 0 heterocycles. The van der Waals surface area contributed by atoms with Gasteiger partial charge in [-0.15, -0.1) is 0 Å². The van der Waals surface area contributed by atoms with Gasteiger partial charge in [-0.3, -0.25) is 18.6 Å². The Morgan fingerprint density at radius 2 is 1.20 bits per heavy atom. The molecule has 1 N–H and O–H groups in total. The number of carbonyl (C=O) groups excluding carboxylic acids is 2. The lowest BCUT2D eigenvalue weighted by Gasteiger charge is -2.24. The molecule has 2 unspecified atom stereocenters. The number of rotatable bonds is 31. The fourth-order valence-electron chi connectivity index (χ4n) is 4.39. The fraction of sp³-hybridized carbons (Fsp3) is 0.829. The van der Waals surface area contributed by atoms with Gasteiger partial charge in [0.25, 0.3) is 0 Å². The van der Waals surface area contributed by atoms with Crippen LogP contribution in [0.4, 0.5) is 0 Å². The highest BCUT2D eigenvalue weighted by Crippen LogP contribution is 2.43. The predicted molar refractivity (Wildman–Crippen MR) is 183 cm³/mol. The van der Waals surface area contributed by atoms with Crippen molar-refractivity contribution in [2.45, 2.75) is 142 Å². The molecule has 264 valence electrons. The quantitative estimate of drug-likeness (QED) is 0.0258. The van der Waals surface area contributed by atoms with Gasteiger partial charge in [0.05, 0.1) is 27.7 Å². The van der Waals surface area contributed by atoms with Gasteiger partial charge in [0.2, 0.25) is 0 Å². The highest BCUT2D eigenvalue weighted by Gasteiger charge is 2.27. The molecule has 0 aliphatic heterocycles. The molecule has 0 aromatic rings. The number of phosphoric ester groups is 1. The summed E-state index contributed by atoms with van der Waals surface area (Å²) in [4.78, 5) is 34.6. The summed E-state index contributed by atoms with van der Waals surface area (Å²) >= 11 is 0. The molecular weight excluding hydrogens is 593 g/mol. The van der Waals surface area contributed by atoms with Crippen molar-refractivity contribution in [3.8, 4) is 0 Å². The van der Waals surface area contributed by atoms with Gasteiger partial charge < -0.3 is 18.9 Å². The summed E-state index contributed by atoms with van der Waals surface area (Å²) in [5.74, 6) is -0.838. The van der Waals surface area contributed by atoms with Crippen LogP contribution < -0.4 is 0 Å². The number of ether oxygens (including phenoxy) is 2. The van der Waals surface area contributed by atoms with Crippen molar-refractivity contribution in [3.63, 3.8) is 0 Å². The summed E-state index contributed by atoms with van der Waals surface area (Å²) in [6.45, 7) is 4.19. The lowest BCUT2D eigenvalue weighted by atomic mass is 10.1. The number of phosphoric acid groups is 1. The van der Waals surface area contributed by atoms with Crippen LogP contribution in [-0.4, -0.2) is 74.9 Å². The van der Waals surface area contributed by atoms with Crippen LogP contribution in [0.2, 0.25) is 0 Å². The Morgan fingerprint density at radius 1 is 0.689 bits per heavy atom. The summed E-state index contributed by atoms with van der Waals surface area (Å²) in [6, 6.07) is 0. The lowest BCUT2D eigenvalue weighted by molar-refractivity contribution is -0.870. The van der Waals surface area contributed by atoms with Gasteiger partial charge in [-0.2, -0.15) is 0 Å². The Labute approximate surface area is 275 Å². The zero-order chi connectivity index (χ0) is 33.7. The number of quaternary nitrogens is 1. The largest absolute Gasteiger partial charge is 0.472 e. The molecule has 0 bridgehead atoms. The van der Waals surface area contributed by atoms with E-state index in [4.69, 9.17) is 18.5 Å². The van der Waals surface area contributed by atoms with Crippen LogP contribution in [0.3, 0.4) is 0 Å². The second-order valence-corrected chi connectivity index (χ2v) is 14.4. The Hall–Kier alpha value is -1.51. The van der Waals surface area contributed by atoms with Crippen molar-refractivity contribution >= 4 is 19.8 Å². The third-order valence-electron chi connectivity index (χ3n) is 7.23. The monoisotopic (exact) mass is 660 g/mol. The molecule has 2 atom stereocenters. The van der Waals surface area contributed by atoms with Crippen LogP contribution in [0.5, 0.6) is 0 Å². The highest BCUT2D eigenvalue weighted by atomic mass is 31.2. The van der Waals surface area contributed by atoms with Crippen LogP contribution in [-0.2, 0) is 32.7 Å². The van der Waals surface area contributed by atoms with E-state index in [0.29, 0.717) is 17.4 Å². The van der Waals surface area contributed by atoms with E-state index in [1.165, 1.54) is 51.4 Å². The number of nitrogens with zero attached hydrogens (tertiary/aromatic N) is 1. The van der Waals surface area contributed by atoms with Crippen LogP contribution in [0.25, 0.3) is 0 Å². The minimum Gasteiger partial charge on any atom is -0.462 e. The van der Waals surface area contributed by atoms with E-state index in [0.717, 1.165) is 51.4 Å². The molecule has 0 aromatic carbocycles. The Balaban J connectivity index is 4.24. The summed E-state index contributed by atoms with van der Waals surface area (Å²) < 4.78 is 33.7. The molecule has 0 rings (SSSR count). The minimum absolute atomic E-state index is 0.0301. The number of unbranched alkanes of at least 4 members (excludes halogenated alkanes) is 13. The summed E-state index contributed by atoms with van der Waals surface area (Å²) in [6.07, 6.45) is 27.3. The topological polar surface area (TPSA) is 108 Å². The summed E-state index contributed by atoms with van der Waals surface area (Å²) in [5, 5.41) is 0. The van der Waals surface area contributed by atoms with E-state index in [9.17, 15) is 19.0 Å². The van der Waals surface area contributed by atoms with E-state index >= 15 is 0 Å². The van der Waals surface area contributed by atoms with Crippen molar-refractivity contribution in [3.05, 3.63) is 24.3 Å². The standard InChI is InChI=1S/C35H66NO8P/c1-6-8-10-11-12-13-14-15-16-17-18-19-20-21-22-23-24-26-28-35(38)44-33(31-41-34(37)27-25-9-7-2)32-43-45(39,40)42-30-29-36(3,4)5/h13-14,16-17,33H,6-12,15,18-32H2,1-5H3/p+1/b14-13-,17-16-. The number of likely N-dealkylation sites (N-methyl/N-ethyl adjacent to an activating group) is 1. The Morgan fingerprint density at radius 3 is 1.80 bits per heavy atom. The van der Waals surface area contributed by atoms with Gasteiger partial charge in [0.1, 0.15) is 19.8 Å². The third kappa shape index (κ3) is 32.2. The SMILES string of the molecule is CCCCCC/C=C\C/C=C\CCCCCCCCCC(=O)OC(COC(=O)CCCCC)COP(=O)(O)OCC[N+](C)(C)C. The van der Waals surface area contributed by atoms with Crippen molar-refractivity contribution in [2.75, 3.05) is 47.5 Å². The average molecular weight is 661 g/mol. The van der Waals surface area contributed by atoms with E-state index < -0.39 is 32.5 Å². The molecule has 0 aliphatic rings. The number of esters is 2. The molecule has 0 aliphatic carbocycles. The zero-order valence-corrected chi connectivity index (χ0v) is 30.2. The van der Waals surface area contributed by atoms with Crippen LogP contribution >= 0.6 is 7.82 Å². The van der Waals surface area contributed by atoms with Gasteiger partial charge in [0, 0.05) is 12.8 Å². The number of hydrogen-bond donors (Lipinski definition) is 1. The highest BCUT2D eigenvalue weighted by molar-refractivity contribution is 7.47.